The van der Waals surface area contributed by atoms with Crippen molar-refractivity contribution in [1.82, 2.24) is 5.16 Å². The molecule has 1 aromatic rings. The number of nitrogens with zero attached hydrogens (tertiary/aromatic N) is 1. The molecule has 11 heavy (non-hydrogen) atoms. The van der Waals surface area contributed by atoms with Crippen LogP contribution in [0.15, 0.2) is 10.6 Å². The summed E-state index contributed by atoms with van der Waals surface area (Å²) in [5.41, 5.74) is 0.612. The van der Waals surface area contributed by atoms with Crippen LogP contribution in [0, 0.1) is 5.92 Å². The second-order valence-corrected chi connectivity index (χ2v) is 3.04. The van der Waals surface area contributed by atoms with Crippen LogP contribution in [-0.4, -0.2) is 10.3 Å². The lowest BCUT2D eigenvalue weighted by atomic mass is 10.1. The van der Waals surface area contributed by atoms with E-state index in [0.717, 1.165) is 12.2 Å². The molecule has 0 atom stereocenters. The van der Waals surface area contributed by atoms with E-state index < -0.39 is 0 Å². The Morgan fingerprint density at radius 1 is 1.64 bits per heavy atom. The quantitative estimate of drug-likeness (QED) is 0.717. The average molecular weight is 155 g/mol. The highest BCUT2D eigenvalue weighted by molar-refractivity contribution is 5.04. The van der Waals surface area contributed by atoms with Gasteiger partial charge in [0.2, 0.25) is 0 Å². The molecule has 1 rings (SSSR count). The van der Waals surface area contributed by atoms with E-state index in [9.17, 15) is 0 Å². The van der Waals surface area contributed by atoms with Gasteiger partial charge in [0.05, 0.1) is 6.61 Å². The highest BCUT2D eigenvalue weighted by Crippen LogP contribution is 2.09. The Morgan fingerprint density at radius 3 is 2.82 bits per heavy atom. The van der Waals surface area contributed by atoms with Gasteiger partial charge in [-0.1, -0.05) is 19.0 Å². The Labute approximate surface area is 66.0 Å². The van der Waals surface area contributed by atoms with Crippen LogP contribution in [0.4, 0.5) is 0 Å². The molecule has 0 aliphatic heterocycles. The molecule has 0 spiro atoms. The fourth-order valence-electron chi connectivity index (χ4n) is 0.929. The van der Waals surface area contributed by atoms with Crippen molar-refractivity contribution < 1.29 is 9.63 Å². The topological polar surface area (TPSA) is 46.3 Å². The Bertz CT molecular complexity index is 218. The van der Waals surface area contributed by atoms with Crippen LogP contribution in [0.5, 0.6) is 0 Å². The molecular weight excluding hydrogens is 142 g/mol. The van der Waals surface area contributed by atoms with Gasteiger partial charge >= 0.3 is 0 Å². The monoisotopic (exact) mass is 155 g/mol. The first-order valence-corrected chi connectivity index (χ1v) is 3.77. The van der Waals surface area contributed by atoms with E-state index in [-0.39, 0.29) is 6.61 Å². The van der Waals surface area contributed by atoms with E-state index in [2.05, 4.69) is 19.0 Å². The number of hydrogen-bond donors (Lipinski definition) is 1. The Hall–Kier alpha value is -0.830. The van der Waals surface area contributed by atoms with Crippen molar-refractivity contribution >= 4 is 0 Å². The standard InChI is InChI=1S/C8H13NO2/c1-6(2)3-8-4-7(5-10)9-11-8/h4,6,10H,3,5H2,1-2H3. The van der Waals surface area contributed by atoms with Crippen LogP contribution in [0.1, 0.15) is 25.3 Å². The largest absolute Gasteiger partial charge is 0.390 e. The highest BCUT2D eigenvalue weighted by atomic mass is 16.5. The van der Waals surface area contributed by atoms with Gasteiger partial charge in [-0.25, -0.2) is 0 Å². The highest BCUT2D eigenvalue weighted by Gasteiger charge is 2.04. The van der Waals surface area contributed by atoms with E-state index in [0.29, 0.717) is 11.6 Å². The van der Waals surface area contributed by atoms with Gasteiger partial charge in [0.15, 0.2) is 0 Å². The molecule has 62 valence electrons. The second-order valence-electron chi connectivity index (χ2n) is 3.04. The molecule has 0 aliphatic rings. The van der Waals surface area contributed by atoms with Crippen molar-refractivity contribution in [2.45, 2.75) is 26.9 Å². The molecule has 0 unspecified atom stereocenters. The van der Waals surface area contributed by atoms with Crippen LogP contribution < -0.4 is 0 Å². The molecular formula is C8H13NO2. The summed E-state index contributed by atoms with van der Waals surface area (Å²) in [5.74, 6) is 1.42. The third kappa shape index (κ3) is 2.35. The van der Waals surface area contributed by atoms with E-state index >= 15 is 0 Å². The number of aromatic nitrogens is 1. The summed E-state index contributed by atoms with van der Waals surface area (Å²) >= 11 is 0. The normalized spacial score (nSPS) is 10.9. The van der Waals surface area contributed by atoms with Crippen LogP contribution in [-0.2, 0) is 13.0 Å². The molecule has 0 saturated heterocycles. The fourth-order valence-corrected chi connectivity index (χ4v) is 0.929. The molecule has 0 aromatic carbocycles. The fraction of sp³-hybridized carbons (Fsp3) is 0.625. The summed E-state index contributed by atoms with van der Waals surface area (Å²) in [6, 6.07) is 1.79. The smallest absolute Gasteiger partial charge is 0.137 e. The first-order valence-electron chi connectivity index (χ1n) is 3.77. The van der Waals surface area contributed by atoms with Gasteiger partial charge in [0.25, 0.3) is 0 Å². The summed E-state index contributed by atoms with van der Waals surface area (Å²) in [6.07, 6.45) is 0.882. The minimum absolute atomic E-state index is 0.0401. The first kappa shape index (κ1) is 8.27. The SMILES string of the molecule is CC(C)Cc1cc(CO)no1. The van der Waals surface area contributed by atoms with Crippen molar-refractivity contribution in [2.24, 2.45) is 5.92 Å². The Balaban J connectivity index is 2.58. The van der Waals surface area contributed by atoms with Crippen molar-refractivity contribution in [1.29, 1.82) is 0 Å². The van der Waals surface area contributed by atoms with Crippen LogP contribution >= 0.6 is 0 Å². The number of aliphatic hydroxyl groups excluding tert-OH is 1. The molecule has 1 heterocycles. The molecule has 0 amide bonds. The van der Waals surface area contributed by atoms with E-state index in [4.69, 9.17) is 9.63 Å². The Kier molecular flexibility index (Phi) is 2.65. The second kappa shape index (κ2) is 3.53. The summed E-state index contributed by atoms with van der Waals surface area (Å²) in [6.45, 7) is 4.18. The lowest BCUT2D eigenvalue weighted by Crippen LogP contribution is -1.91. The Morgan fingerprint density at radius 2 is 2.36 bits per heavy atom. The van der Waals surface area contributed by atoms with Crippen LogP contribution in [0.25, 0.3) is 0 Å². The van der Waals surface area contributed by atoms with Gasteiger partial charge < -0.3 is 9.63 Å². The molecule has 3 heteroatoms. The van der Waals surface area contributed by atoms with E-state index in [1.165, 1.54) is 0 Å². The van der Waals surface area contributed by atoms with Gasteiger partial charge in [-0.15, -0.1) is 0 Å². The maximum atomic E-state index is 8.66. The number of aliphatic hydroxyl groups is 1. The van der Waals surface area contributed by atoms with Gasteiger partial charge in [-0.2, -0.15) is 0 Å². The van der Waals surface area contributed by atoms with E-state index in [1.54, 1.807) is 6.07 Å². The molecule has 1 N–H and O–H groups in total. The van der Waals surface area contributed by atoms with Crippen LogP contribution in [0.2, 0.25) is 0 Å². The summed E-state index contributed by atoms with van der Waals surface area (Å²) in [5, 5.41) is 12.3. The van der Waals surface area contributed by atoms with Crippen LogP contribution in [0.3, 0.4) is 0 Å². The lowest BCUT2D eigenvalue weighted by Gasteiger charge is -1.96. The molecule has 3 nitrogen and oxygen atoms in total. The maximum absolute atomic E-state index is 8.66. The van der Waals surface area contributed by atoms with E-state index in [1.807, 2.05) is 0 Å². The van der Waals surface area contributed by atoms with Crippen molar-refractivity contribution in [3.05, 3.63) is 17.5 Å². The van der Waals surface area contributed by atoms with Gasteiger partial charge in [0, 0.05) is 12.5 Å². The number of rotatable bonds is 3. The molecule has 0 aliphatic carbocycles. The van der Waals surface area contributed by atoms with Gasteiger partial charge in [-0.05, 0) is 5.92 Å². The molecule has 0 bridgehead atoms. The van der Waals surface area contributed by atoms with Crippen molar-refractivity contribution in [3.63, 3.8) is 0 Å². The minimum Gasteiger partial charge on any atom is -0.390 e. The zero-order chi connectivity index (χ0) is 8.27. The minimum atomic E-state index is -0.0401. The average Bonchev–Trinajstić information content (AvgIpc) is 2.34. The third-order valence-electron chi connectivity index (χ3n) is 1.38. The van der Waals surface area contributed by atoms with Gasteiger partial charge in [-0.3, -0.25) is 0 Å². The summed E-state index contributed by atoms with van der Waals surface area (Å²) < 4.78 is 4.96. The van der Waals surface area contributed by atoms with Crippen molar-refractivity contribution in [2.75, 3.05) is 0 Å². The maximum Gasteiger partial charge on any atom is 0.137 e. The summed E-state index contributed by atoms with van der Waals surface area (Å²) in [7, 11) is 0. The van der Waals surface area contributed by atoms with Gasteiger partial charge in [0.1, 0.15) is 11.5 Å². The first-order chi connectivity index (χ1) is 5.22. The van der Waals surface area contributed by atoms with Crippen molar-refractivity contribution in [3.8, 4) is 0 Å². The summed E-state index contributed by atoms with van der Waals surface area (Å²) in [4.78, 5) is 0. The molecule has 0 saturated carbocycles. The number of hydrogen-bond acceptors (Lipinski definition) is 3. The zero-order valence-corrected chi connectivity index (χ0v) is 6.87. The zero-order valence-electron chi connectivity index (χ0n) is 6.87. The predicted octanol–water partition coefficient (Wildman–Crippen LogP) is 1.37. The molecule has 1 aromatic heterocycles. The third-order valence-corrected chi connectivity index (χ3v) is 1.38. The molecule has 0 fully saturated rings. The molecule has 0 radical (unpaired) electrons. The predicted molar refractivity (Wildman–Crippen MR) is 41.0 cm³/mol. The lowest BCUT2D eigenvalue weighted by molar-refractivity contribution is 0.264.